The lowest BCUT2D eigenvalue weighted by Gasteiger charge is -2.34. The molecule has 2 aromatic heterocycles. The van der Waals surface area contributed by atoms with Gasteiger partial charge in [-0.1, -0.05) is 30.3 Å². The molecule has 3 heterocycles. The van der Waals surface area contributed by atoms with Gasteiger partial charge in [0, 0.05) is 24.5 Å². The molecular weight excluding hydrogens is 330 g/mol. The summed E-state index contributed by atoms with van der Waals surface area (Å²) in [6.45, 7) is 2.06. The van der Waals surface area contributed by atoms with E-state index in [1.807, 2.05) is 30.3 Å². The first-order valence-corrected chi connectivity index (χ1v) is 8.53. The maximum absolute atomic E-state index is 12.9. The molecule has 1 fully saturated rings. The summed E-state index contributed by atoms with van der Waals surface area (Å²) >= 11 is 0. The molecule has 1 aliphatic heterocycles. The van der Waals surface area contributed by atoms with Crippen LogP contribution in [-0.2, 0) is 11.3 Å². The van der Waals surface area contributed by atoms with E-state index in [4.69, 9.17) is 4.74 Å². The topological polar surface area (TPSA) is 73.1 Å². The quantitative estimate of drug-likeness (QED) is 0.720. The van der Waals surface area contributed by atoms with Crippen molar-refractivity contribution in [1.82, 2.24) is 24.6 Å². The Morgan fingerprint density at radius 2 is 1.96 bits per heavy atom. The van der Waals surface area contributed by atoms with Gasteiger partial charge in [0.15, 0.2) is 5.82 Å². The van der Waals surface area contributed by atoms with Crippen LogP contribution in [0.5, 0.6) is 0 Å². The zero-order valence-electron chi connectivity index (χ0n) is 14.2. The molecule has 0 spiro atoms. The Balaban J connectivity index is 1.54. The van der Waals surface area contributed by atoms with Gasteiger partial charge in [-0.3, -0.25) is 9.78 Å². The largest absolute Gasteiger partial charge is 0.377 e. The summed E-state index contributed by atoms with van der Waals surface area (Å²) in [7, 11) is 0. The van der Waals surface area contributed by atoms with Gasteiger partial charge in [-0.25, -0.2) is 9.67 Å². The lowest BCUT2D eigenvalue weighted by Crippen LogP contribution is -2.43. The third-order valence-corrected chi connectivity index (χ3v) is 4.36. The summed E-state index contributed by atoms with van der Waals surface area (Å²) in [5, 5.41) is 4.57. The molecule has 1 saturated heterocycles. The molecule has 0 saturated carbocycles. The van der Waals surface area contributed by atoms with Crippen LogP contribution in [0, 0.1) is 0 Å². The molecule has 1 aliphatic rings. The standard InChI is InChI=1S/C19H19N5O2/c25-19(16-6-8-20-9-7-16)24-10-11-26-13-17(24)18-21-14-23(22-18)12-15-4-2-1-3-5-15/h1-9,14,17H,10-13H2. The van der Waals surface area contributed by atoms with Crippen LogP contribution in [0.1, 0.15) is 27.8 Å². The van der Waals surface area contributed by atoms with Crippen LogP contribution >= 0.6 is 0 Å². The molecule has 0 radical (unpaired) electrons. The molecule has 7 nitrogen and oxygen atoms in total. The minimum atomic E-state index is -0.290. The van der Waals surface area contributed by atoms with Crippen molar-refractivity contribution in [2.75, 3.05) is 19.8 Å². The lowest BCUT2D eigenvalue weighted by molar-refractivity contribution is -0.00524. The van der Waals surface area contributed by atoms with E-state index in [1.54, 1.807) is 40.4 Å². The van der Waals surface area contributed by atoms with Gasteiger partial charge in [0.1, 0.15) is 12.4 Å². The maximum atomic E-state index is 12.9. The van der Waals surface area contributed by atoms with Crippen LogP contribution in [0.3, 0.4) is 0 Å². The minimum Gasteiger partial charge on any atom is -0.377 e. The third-order valence-electron chi connectivity index (χ3n) is 4.36. The fourth-order valence-electron chi connectivity index (χ4n) is 3.03. The number of hydrogen-bond donors (Lipinski definition) is 0. The van der Waals surface area contributed by atoms with Crippen molar-refractivity contribution in [3.8, 4) is 0 Å². The fraction of sp³-hybridized carbons (Fsp3) is 0.263. The van der Waals surface area contributed by atoms with Crippen LogP contribution in [0.2, 0.25) is 0 Å². The summed E-state index contributed by atoms with van der Waals surface area (Å²) in [6, 6.07) is 13.2. The highest BCUT2D eigenvalue weighted by Gasteiger charge is 2.32. The number of nitrogens with zero attached hydrogens (tertiary/aromatic N) is 5. The summed E-state index contributed by atoms with van der Waals surface area (Å²) in [5.74, 6) is 0.545. The number of pyridine rings is 1. The molecule has 1 atom stereocenters. The van der Waals surface area contributed by atoms with Crippen molar-refractivity contribution in [2.24, 2.45) is 0 Å². The highest BCUT2D eigenvalue weighted by atomic mass is 16.5. The summed E-state index contributed by atoms with van der Waals surface area (Å²) in [4.78, 5) is 23.0. The summed E-state index contributed by atoms with van der Waals surface area (Å²) in [6.07, 6.45) is 4.94. The second-order valence-corrected chi connectivity index (χ2v) is 6.11. The molecule has 4 rings (SSSR count). The molecule has 7 heteroatoms. The van der Waals surface area contributed by atoms with Crippen LogP contribution in [0.4, 0.5) is 0 Å². The van der Waals surface area contributed by atoms with E-state index >= 15 is 0 Å². The second-order valence-electron chi connectivity index (χ2n) is 6.11. The number of ether oxygens (including phenoxy) is 1. The van der Waals surface area contributed by atoms with E-state index in [0.717, 1.165) is 5.56 Å². The smallest absolute Gasteiger partial charge is 0.254 e. The number of carbonyl (C=O) groups is 1. The van der Waals surface area contributed by atoms with Gasteiger partial charge in [-0.05, 0) is 17.7 Å². The van der Waals surface area contributed by atoms with Gasteiger partial charge >= 0.3 is 0 Å². The van der Waals surface area contributed by atoms with Gasteiger partial charge in [0.05, 0.1) is 19.8 Å². The van der Waals surface area contributed by atoms with Crippen LogP contribution in [0.15, 0.2) is 61.2 Å². The molecule has 1 aromatic carbocycles. The van der Waals surface area contributed by atoms with Gasteiger partial charge in [-0.15, -0.1) is 0 Å². The molecular formula is C19H19N5O2. The lowest BCUT2D eigenvalue weighted by atomic mass is 10.1. The number of rotatable bonds is 4. The van der Waals surface area contributed by atoms with Crippen molar-refractivity contribution in [2.45, 2.75) is 12.6 Å². The molecule has 26 heavy (non-hydrogen) atoms. The molecule has 1 unspecified atom stereocenters. The Morgan fingerprint density at radius 1 is 1.15 bits per heavy atom. The van der Waals surface area contributed by atoms with E-state index in [-0.39, 0.29) is 11.9 Å². The monoisotopic (exact) mass is 349 g/mol. The summed E-state index contributed by atoms with van der Waals surface area (Å²) < 4.78 is 7.37. The van der Waals surface area contributed by atoms with Crippen LogP contribution < -0.4 is 0 Å². The number of carbonyl (C=O) groups excluding carboxylic acids is 1. The Bertz CT molecular complexity index is 866. The van der Waals surface area contributed by atoms with E-state index in [0.29, 0.717) is 37.7 Å². The number of amides is 1. The molecule has 0 aliphatic carbocycles. The Morgan fingerprint density at radius 3 is 2.77 bits per heavy atom. The molecule has 0 N–H and O–H groups in total. The second kappa shape index (κ2) is 7.45. The number of hydrogen-bond acceptors (Lipinski definition) is 5. The van der Waals surface area contributed by atoms with Crippen molar-refractivity contribution >= 4 is 5.91 Å². The van der Waals surface area contributed by atoms with E-state index < -0.39 is 0 Å². The SMILES string of the molecule is O=C(c1ccncc1)N1CCOCC1c1ncn(Cc2ccccc2)n1. The normalized spacial score (nSPS) is 17.2. The molecule has 3 aromatic rings. The first-order valence-electron chi connectivity index (χ1n) is 8.53. The first-order chi connectivity index (χ1) is 12.8. The van der Waals surface area contributed by atoms with Crippen LogP contribution in [0.25, 0.3) is 0 Å². The molecule has 132 valence electrons. The highest BCUT2D eigenvalue weighted by Crippen LogP contribution is 2.23. The molecule has 1 amide bonds. The van der Waals surface area contributed by atoms with Crippen LogP contribution in [-0.4, -0.2) is 50.3 Å². The number of aromatic nitrogens is 4. The van der Waals surface area contributed by atoms with Gasteiger partial charge in [-0.2, -0.15) is 5.10 Å². The minimum absolute atomic E-state index is 0.0555. The van der Waals surface area contributed by atoms with Crippen molar-refractivity contribution in [3.63, 3.8) is 0 Å². The van der Waals surface area contributed by atoms with E-state index in [1.165, 1.54) is 0 Å². The van der Waals surface area contributed by atoms with Gasteiger partial charge in [0.2, 0.25) is 0 Å². The fourth-order valence-corrected chi connectivity index (χ4v) is 3.03. The first kappa shape index (κ1) is 16.4. The maximum Gasteiger partial charge on any atom is 0.254 e. The highest BCUT2D eigenvalue weighted by molar-refractivity contribution is 5.94. The average Bonchev–Trinajstić information content (AvgIpc) is 3.17. The zero-order valence-corrected chi connectivity index (χ0v) is 14.2. The Labute approximate surface area is 151 Å². The van der Waals surface area contributed by atoms with Gasteiger partial charge in [0.25, 0.3) is 5.91 Å². The van der Waals surface area contributed by atoms with Crippen molar-refractivity contribution < 1.29 is 9.53 Å². The van der Waals surface area contributed by atoms with Gasteiger partial charge < -0.3 is 9.64 Å². The van der Waals surface area contributed by atoms with E-state index in [2.05, 4.69) is 15.1 Å². The Kier molecular flexibility index (Phi) is 4.70. The zero-order chi connectivity index (χ0) is 17.8. The number of morpholine rings is 1. The van der Waals surface area contributed by atoms with Crippen molar-refractivity contribution in [1.29, 1.82) is 0 Å². The summed E-state index contributed by atoms with van der Waals surface area (Å²) in [5.41, 5.74) is 1.75. The number of benzene rings is 1. The predicted octanol–water partition coefficient (Wildman–Crippen LogP) is 1.94. The Hall–Kier alpha value is -3.06. The molecule has 0 bridgehead atoms. The van der Waals surface area contributed by atoms with Crippen molar-refractivity contribution in [3.05, 3.63) is 78.1 Å². The van der Waals surface area contributed by atoms with E-state index in [9.17, 15) is 4.79 Å². The predicted molar refractivity (Wildman–Crippen MR) is 94.4 cm³/mol. The average molecular weight is 349 g/mol. The third kappa shape index (κ3) is 3.48.